The van der Waals surface area contributed by atoms with Crippen molar-refractivity contribution in [1.29, 1.82) is 0 Å². The van der Waals surface area contributed by atoms with Crippen LogP contribution in [0, 0.1) is 5.41 Å². The molecule has 0 atom stereocenters. The fraction of sp³-hybridized carbons (Fsp3) is 0.500. The third-order valence-corrected chi connectivity index (χ3v) is 3.96. The Bertz CT molecular complexity index is 461. The van der Waals surface area contributed by atoms with Crippen LogP contribution in [0.25, 0.3) is 6.08 Å². The molecule has 2 rings (SSSR count). The number of halogens is 1. The zero-order chi connectivity index (χ0) is 14.4. The molecule has 0 radical (unpaired) electrons. The molecule has 0 aliphatic carbocycles. The van der Waals surface area contributed by atoms with Crippen molar-refractivity contribution in [3.63, 3.8) is 0 Å². The van der Waals surface area contributed by atoms with Crippen LogP contribution in [0.15, 0.2) is 36.4 Å². The lowest BCUT2D eigenvalue weighted by Crippen LogP contribution is -2.41. The maximum Gasteiger partial charge on any atom is 0.162 e. The monoisotopic (exact) mass is 307 g/mol. The smallest absolute Gasteiger partial charge is 0.162 e. The van der Waals surface area contributed by atoms with Crippen LogP contribution in [0.1, 0.15) is 38.7 Å². The lowest BCUT2D eigenvalue weighted by molar-refractivity contribution is -0.123. The van der Waals surface area contributed by atoms with E-state index in [9.17, 15) is 4.79 Å². The van der Waals surface area contributed by atoms with Crippen molar-refractivity contribution in [2.75, 3.05) is 19.6 Å². The van der Waals surface area contributed by atoms with E-state index in [4.69, 9.17) is 0 Å². The van der Waals surface area contributed by atoms with Gasteiger partial charge in [-0.1, -0.05) is 56.7 Å². The summed E-state index contributed by atoms with van der Waals surface area (Å²) < 4.78 is 0. The Hall–Kier alpha value is -1.12. The molecule has 2 nitrogen and oxygen atoms in total. The van der Waals surface area contributed by atoms with Gasteiger partial charge in [0.25, 0.3) is 0 Å². The predicted molar refractivity (Wildman–Crippen MR) is 91.8 cm³/mol. The van der Waals surface area contributed by atoms with Gasteiger partial charge < -0.3 is 4.90 Å². The van der Waals surface area contributed by atoms with Crippen LogP contribution < -0.4 is 0 Å². The molecule has 1 saturated heterocycles. The molecule has 1 heterocycles. The highest BCUT2D eigenvalue weighted by Crippen LogP contribution is 2.22. The highest BCUT2D eigenvalue weighted by atomic mass is 35.5. The van der Waals surface area contributed by atoms with E-state index < -0.39 is 0 Å². The van der Waals surface area contributed by atoms with E-state index in [1.165, 1.54) is 19.3 Å². The SMILES string of the molecule is CC(C)(CN1CCCCC1)C(=O)C=Cc1ccccc1.Cl. The lowest BCUT2D eigenvalue weighted by atomic mass is 9.86. The van der Waals surface area contributed by atoms with Gasteiger partial charge in [0, 0.05) is 12.0 Å². The molecule has 1 fully saturated rings. The van der Waals surface area contributed by atoms with Crippen LogP contribution in [0.2, 0.25) is 0 Å². The lowest BCUT2D eigenvalue weighted by Gasteiger charge is -2.33. The Morgan fingerprint density at radius 2 is 1.76 bits per heavy atom. The topological polar surface area (TPSA) is 20.3 Å². The normalized spacial score (nSPS) is 16.7. The first-order valence-corrected chi connectivity index (χ1v) is 7.58. The molecule has 0 saturated carbocycles. The fourth-order valence-corrected chi connectivity index (χ4v) is 2.72. The molecular weight excluding hydrogens is 282 g/mol. The third-order valence-electron chi connectivity index (χ3n) is 3.96. The van der Waals surface area contributed by atoms with Gasteiger partial charge in [0.1, 0.15) is 0 Å². The predicted octanol–water partition coefficient (Wildman–Crippen LogP) is 4.20. The minimum absolute atomic E-state index is 0. The summed E-state index contributed by atoms with van der Waals surface area (Å²) in [7, 11) is 0. The Kier molecular flexibility index (Phi) is 7.13. The summed E-state index contributed by atoms with van der Waals surface area (Å²) in [6.07, 6.45) is 7.52. The molecule has 1 aromatic carbocycles. The van der Waals surface area contributed by atoms with Gasteiger partial charge in [0.15, 0.2) is 5.78 Å². The van der Waals surface area contributed by atoms with E-state index in [-0.39, 0.29) is 23.6 Å². The number of ketones is 1. The molecule has 1 aliphatic rings. The number of nitrogens with zero attached hydrogens (tertiary/aromatic N) is 1. The molecule has 0 amide bonds. The quantitative estimate of drug-likeness (QED) is 0.760. The Morgan fingerprint density at radius 3 is 2.38 bits per heavy atom. The molecule has 1 aliphatic heterocycles. The van der Waals surface area contributed by atoms with Crippen LogP contribution in [-0.4, -0.2) is 30.3 Å². The van der Waals surface area contributed by atoms with Gasteiger partial charge in [-0.2, -0.15) is 0 Å². The minimum atomic E-state index is -0.303. The number of allylic oxidation sites excluding steroid dienone is 1. The second-order valence-corrected chi connectivity index (χ2v) is 6.33. The Morgan fingerprint density at radius 1 is 1.14 bits per heavy atom. The second-order valence-electron chi connectivity index (χ2n) is 6.33. The minimum Gasteiger partial charge on any atom is -0.302 e. The first-order chi connectivity index (χ1) is 9.58. The average molecular weight is 308 g/mol. The summed E-state index contributed by atoms with van der Waals surface area (Å²) in [6, 6.07) is 9.99. The van der Waals surface area contributed by atoms with E-state index in [0.29, 0.717) is 0 Å². The van der Waals surface area contributed by atoms with Crippen LogP contribution in [-0.2, 0) is 4.79 Å². The zero-order valence-corrected chi connectivity index (χ0v) is 13.9. The standard InChI is InChI=1S/C18H25NO.ClH/c1-18(2,15-19-13-7-4-8-14-19)17(20)12-11-16-9-5-3-6-10-16;/h3,5-6,9-12H,4,7-8,13-15H2,1-2H3;1H. The van der Waals surface area contributed by atoms with Crippen LogP contribution >= 0.6 is 12.4 Å². The summed E-state index contributed by atoms with van der Waals surface area (Å²) in [6.45, 7) is 7.25. The van der Waals surface area contributed by atoms with Crippen molar-refractivity contribution >= 4 is 24.3 Å². The molecule has 3 heteroatoms. The molecule has 0 spiro atoms. The summed E-state index contributed by atoms with van der Waals surface area (Å²) in [5, 5.41) is 0. The number of hydrogen-bond acceptors (Lipinski definition) is 2. The van der Waals surface area contributed by atoms with Gasteiger partial charge in [-0.25, -0.2) is 0 Å². The maximum atomic E-state index is 12.4. The van der Waals surface area contributed by atoms with Gasteiger partial charge in [-0.3, -0.25) is 4.79 Å². The van der Waals surface area contributed by atoms with Crippen LogP contribution in [0.5, 0.6) is 0 Å². The summed E-state index contributed by atoms with van der Waals surface area (Å²) in [4.78, 5) is 14.8. The average Bonchev–Trinajstić information content (AvgIpc) is 2.46. The van der Waals surface area contributed by atoms with Gasteiger partial charge in [0.05, 0.1) is 0 Å². The van der Waals surface area contributed by atoms with Crippen molar-refractivity contribution in [2.45, 2.75) is 33.1 Å². The van der Waals surface area contributed by atoms with Crippen LogP contribution in [0.4, 0.5) is 0 Å². The molecule has 0 unspecified atom stereocenters. The number of likely N-dealkylation sites (tertiary alicyclic amines) is 1. The van der Waals surface area contributed by atoms with E-state index in [0.717, 1.165) is 25.2 Å². The number of hydrogen-bond donors (Lipinski definition) is 0. The van der Waals surface area contributed by atoms with E-state index in [1.54, 1.807) is 6.08 Å². The van der Waals surface area contributed by atoms with Crippen molar-refractivity contribution in [3.8, 4) is 0 Å². The van der Waals surface area contributed by atoms with Crippen molar-refractivity contribution in [2.24, 2.45) is 5.41 Å². The van der Waals surface area contributed by atoms with E-state index in [2.05, 4.69) is 18.7 Å². The maximum absolute atomic E-state index is 12.4. The first kappa shape index (κ1) is 17.9. The Labute approximate surface area is 134 Å². The molecule has 116 valence electrons. The van der Waals surface area contributed by atoms with Crippen LogP contribution in [0.3, 0.4) is 0 Å². The molecule has 0 bridgehead atoms. The number of benzene rings is 1. The van der Waals surface area contributed by atoms with E-state index >= 15 is 0 Å². The molecule has 0 aromatic heterocycles. The second kappa shape index (κ2) is 8.35. The summed E-state index contributed by atoms with van der Waals surface area (Å²) >= 11 is 0. The highest BCUT2D eigenvalue weighted by Gasteiger charge is 2.28. The van der Waals surface area contributed by atoms with E-state index in [1.807, 2.05) is 36.4 Å². The van der Waals surface area contributed by atoms with Crippen molar-refractivity contribution in [1.82, 2.24) is 4.90 Å². The van der Waals surface area contributed by atoms with Crippen molar-refractivity contribution < 1.29 is 4.79 Å². The number of carbonyl (C=O) groups is 1. The zero-order valence-electron chi connectivity index (χ0n) is 13.0. The number of piperidine rings is 1. The Balaban J connectivity index is 0.00000220. The molecular formula is C18H26ClNO. The third kappa shape index (κ3) is 5.64. The van der Waals surface area contributed by atoms with Gasteiger partial charge >= 0.3 is 0 Å². The fourth-order valence-electron chi connectivity index (χ4n) is 2.72. The summed E-state index contributed by atoms with van der Waals surface area (Å²) in [5.41, 5.74) is 0.775. The van der Waals surface area contributed by atoms with Crippen molar-refractivity contribution in [3.05, 3.63) is 42.0 Å². The number of rotatable bonds is 5. The highest BCUT2D eigenvalue weighted by molar-refractivity contribution is 5.97. The molecule has 1 aromatic rings. The van der Waals surface area contributed by atoms with Gasteiger partial charge in [0.2, 0.25) is 0 Å². The van der Waals surface area contributed by atoms with Gasteiger partial charge in [-0.15, -0.1) is 12.4 Å². The molecule has 21 heavy (non-hydrogen) atoms. The summed E-state index contributed by atoms with van der Waals surface area (Å²) in [5.74, 6) is 0.215. The first-order valence-electron chi connectivity index (χ1n) is 7.58. The number of carbonyl (C=O) groups excluding carboxylic acids is 1. The molecule has 0 N–H and O–H groups in total. The van der Waals surface area contributed by atoms with Gasteiger partial charge in [-0.05, 0) is 37.6 Å². The largest absolute Gasteiger partial charge is 0.302 e.